The standard InChI is InChI=1S/C21H30N4O.HI/c1-16-8-9-18(17(2)13-16)14-23-21(22-3)24-15-19(20-7-6-12-26-20)25-10-4-5-11-25;/h6-9,12-13,19H,4-5,10-11,14-15H2,1-3H3,(H2,22,23,24);1H. The molecule has 3 rings (SSSR count). The topological polar surface area (TPSA) is 52.8 Å². The first-order valence-electron chi connectivity index (χ1n) is 9.45. The Hall–Kier alpha value is -1.54. The molecule has 1 saturated heterocycles. The van der Waals surface area contributed by atoms with Gasteiger partial charge in [0.05, 0.1) is 12.3 Å². The molecule has 6 heteroatoms. The maximum Gasteiger partial charge on any atom is 0.191 e. The summed E-state index contributed by atoms with van der Waals surface area (Å²) in [6.45, 7) is 8.07. The van der Waals surface area contributed by atoms with Gasteiger partial charge in [0.15, 0.2) is 5.96 Å². The maximum atomic E-state index is 5.69. The minimum atomic E-state index is 0. The van der Waals surface area contributed by atoms with E-state index in [1.165, 1.54) is 29.5 Å². The molecule has 1 aliphatic rings. The molecule has 0 aliphatic carbocycles. The third kappa shape index (κ3) is 5.97. The summed E-state index contributed by atoms with van der Waals surface area (Å²) >= 11 is 0. The van der Waals surface area contributed by atoms with Crippen LogP contribution in [0.4, 0.5) is 0 Å². The molecule has 1 aromatic heterocycles. The predicted octanol–water partition coefficient (Wildman–Crippen LogP) is 4.02. The van der Waals surface area contributed by atoms with Crippen LogP contribution >= 0.6 is 24.0 Å². The van der Waals surface area contributed by atoms with Crippen LogP contribution in [-0.4, -0.2) is 37.5 Å². The van der Waals surface area contributed by atoms with E-state index in [1.807, 2.05) is 13.1 Å². The second-order valence-electron chi connectivity index (χ2n) is 7.01. The highest BCUT2D eigenvalue weighted by Crippen LogP contribution is 2.24. The number of nitrogens with one attached hydrogen (secondary N) is 2. The Morgan fingerprint density at radius 3 is 2.59 bits per heavy atom. The van der Waals surface area contributed by atoms with Crippen LogP contribution in [0.2, 0.25) is 0 Å². The number of guanidine groups is 1. The van der Waals surface area contributed by atoms with Crippen molar-refractivity contribution in [2.75, 3.05) is 26.7 Å². The van der Waals surface area contributed by atoms with Gasteiger partial charge >= 0.3 is 0 Å². The van der Waals surface area contributed by atoms with Gasteiger partial charge in [0.2, 0.25) is 0 Å². The lowest BCUT2D eigenvalue weighted by atomic mass is 10.1. The molecular weight excluding hydrogens is 451 g/mol. The summed E-state index contributed by atoms with van der Waals surface area (Å²) in [5.41, 5.74) is 3.89. The summed E-state index contributed by atoms with van der Waals surface area (Å²) in [5, 5.41) is 6.90. The molecule has 5 nitrogen and oxygen atoms in total. The van der Waals surface area contributed by atoms with Crippen LogP contribution in [0.3, 0.4) is 0 Å². The molecule has 2 aromatic rings. The Morgan fingerprint density at radius 1 is 1.19 bits per heavy atom. The van der Waals surface area contributed by atoms with Gasteiger partial charge in [-0.2, -0.15) is 0 Å². The zero-order valence-corrected chi connectivity index (χ0v) is 18.8. The van der Waals surface area contributed by atoms with Gasteiger partial charge < -0.3 is 15.1 Å². The molecule has 0 radical (unpaired) electrons. The van der Waals surface area contributed by atoms with Gasteiger partial charge in [0.1, 0.15) is 5.76 Å². The van der Waals surface area contributed by atoms with E-state index >= 15 is 0 Å². The van der Waals surface area contributed by atoms with Crippen molar-refractivity contribution in [3.63, 3.8) is 0 Å². The number of hydrogen-bond donors (Lipinski definition) is 2. The fraction of sp³-hybridized carbons (Fsp3) is 0.476. The number of nitrogens with zero attached hydrogens (tertiary/aromatic N) is 2. The molecular formula is C21H31IN4O. The van der Waals surface area contributed by atoms with Gasteiger partial charge in [-0.3, -0.25) is 9.89 Å². The number of aliphatic imine (C=N–C) groups is 1. The Labute approximate surface area is 179 Å². The third-order valence-electron chi connectivity index (χ3n) is 5.08. The maximum absolute atomic E-state index is 5.69. The van der Waals surface area contributed by atoms with E-state index in [0.29, 0.717) is 0 Å². The molecule has 27 heavy (non-hydrogen) atoms. The molecule has 0 bridgehead atoms. The molecule has 0 saturated carbocycles. The van der Waals surface area contributed by atoms with E-state index in [2.05, 4.69) is 58.6 Å². The second-order valence-corrected chi connectivity index (χ2v) is 7.01. The number of aryl methyl sites for hydroxylation is 2. The van der Waals surface area contributed by atoms with Crippen molar-refractivity contribution < 1.29 is 4.42 Å². The third-order valence-corrected chi connectivity index (χ3v) is 5.08. The Kier molecular flexibility index (Phi) is 8.63. The molecule has 1 atom stereocenters. The molecule has 1 aromatic carbocycles. The van der Waals surface area contributed by atoms with E-state index in [0.717, 1.165) is 37.9 Å². The van der Waals surface area contributed by atoms with Gasteiger partial charge in [-0.1, -0.05) is 23.8 Å². The fourth-order valence-electron chi connectivity index (χ4n) is 3.58. The van der Waals surface area contributed by atoms with Crippen molar-refractivity contribution in [1.29, 1.82) is 0 Å². The van der Waals surface area contributed by atoms with Crippen LogP contribution in [0.1, 0.15) is 41.3 Å². The lowest BCUT2D eigenvalue weighted by molar-refractivity contribution is 0.215. The normalized spacial score (nSPS) is 16.0. The van der Waals surface area contributed by atoms with E-state index in [1.54, 1.807) is 6.26 Å². The fourth-order valence-corrected chi connectivity index (χ4v) is 3.58. The molecule has 148 valence electrons. The number of furan rings is 1. The Balaban J connectivity index is 0.00000261. The number of halogens is 1. The molecule has 1 fully saturated rings. The van der Waals surface area contributed by atoms with Gasteiger partial charge in [-0.05, 0) is 63.0 Å². The minimum absolute atomic E-state index is 0. The van der Waals surface area contributed by atoms with Crippen LogP contribution in [0, 0.1) is 13.8 Å². The minimum Gasteiger partial charge on any atom is -0.468 e. The van der Waals surface area contributed by atoms with Crippen LogP contribution < -0.4 is 10.6 Å². The number of hydrogen-bond acceptors (Lipinski definition) is 3. The summed E-state index contributed by atoms with van der Waals surface area (Å²) in [6.07, 6.45) is 4.28. The Bertz CT molecular complexity index is 724. The number of rotatable bonds is 6. The van der Waals surface area contributed by atoms with Crippen molar-refractivity contribution in [3.8, 4) is 0 Å². The van der Waals surface area contributed by atoms with Crippen LogP contribution in [-0.2, 0) is 6.54 Å². The van der Waals surface area contributed by atoms with Crippen molar-refractivity contribution >= 4 is 29.9 Å². The number of likely N-dealkylation sites (tertiary alicyclic amines) is 1. The quantitative estimate of drug-likeness (QED) is 0.371. The summed E-state index contributed by atoms with van der Waals surface area (Å²) in [4.78, 5) is 6.86. The average Bonchev–Trinajstić information content (AvgIpc) is 3.33. The van der Waals surface area contributed by atoms with Crippen LogP contribution in [0.5, 0.6) is 0 Å². The van der Waals surface area contributed by atoms with Crippen molar-refractivity contribution in [2.24, 2.45) is 4.99 Å². The van der Waals surface area contributed by atoms with Crippen molar-refractivity contribution in [2.45, 2.75) is 39.3 Å². The Morgan fingerprint density at radius 2 is 1.96 bits per heavy atom. The van der Waals surface area contributed by atoms with E-state index < -0.39 is 0 Å². The monoisotopic (exact) mass is 482 g/mol. The summed E-state index contributed by atoms with van der Waals surface area (Å²) in [7, 11) is 1.81. The first-order valence-corrected chi connectivity index (χ1v) is 9.45. The van der Waals surface area contributed by atoms with Crippen LogP contribution in [0.25, 0.3) is 0 Å². The predicted molar refractivity (Wildman–Crippen MR) is 122 cm³/mol. The highest BCUT2D eigenvalue weighted by Gasteiger charge is 2.25. The average molecular weight is 482 g/mol. The molecule has 0 spiro atoms. The van der Waals surface area contributed by atoms with Gasteiger partial charge in [0.25, 0.3) is 0 Å². The summed E-state index contributed by atoms with van der Waals surface area (Å²) < 4.78 is 5.69. The van der Waals surface area contributed by atoms with E-state index in [4.69, 9.17) is 4.42 Å². The van der Waals surface area contributed by atoms with E-state index in [9.17, 15) is 0 Å². The van der Waals surface area contributed by atoms with Crippen molar-refractivity contribution in [3.05, 3.63) is 59.0 Å². The first kappa shape index (κ1) is 21.8. The van der Waals surface area contributed by atoms with E-state index in [-0.39, 0.29) is 30.0 Å². The van der Waals surface area contributed by atoms with Crippen molar-refractivity contribution in [1.82, 2.24) is 15.5 Å². The van der Waals surface area contributed by atoms with Gasteiger partial charge in [0, 0.05) is 20.1 Å². The molecule has 1 unspecified atom stereocenters. The second kappa shape index (κ2) is 10.7. The van der Waals surface area contributed by atoms with Gasteiger partial charge in [-0.25, -0.2) is 0 Å². The lowest BCUT2D eigenvalue weighted by Gasteiger charge is -2.26. The van der Waals surface area contributed by atoms with Crippen LogP contribution in [0.15, 0.2) is 46.0 Å². The van der Waals surface area contributed by atoms with Gasteiger partial charge in [-0.15, -0.1) is 24.0 Å². The molecule has 0 amide bonds. The molecule has 1 aliphatic heterocycles. The zero-order chi connectivity index (χ0) is 18.4. The zero-order valence-electron chi connectivity index (χ0n) is 16.5. The lowest BCUT2D eigenvalue weighted by Crippen LogP contribution is -2.42. The molecule has 2 heterocycles. The highest BCUT2D eigenvalue weighted by atomic mass is 127. The highest BCUT2D eigenvalue weighted by molar-refractivity contribution is 14.0. The first-order chi connectivity index (χ1) is 12.7. The largest absolute Gasteiger partial charge is 0.468 e. The smallest absolute Gasteiger partial charge is 0.191 e. The molecule has 2 N–H and O–H groups in total. The number of benzene rings is 1. The summed E-state index contributed by atoms with van der Waals surface area (Å²) in [5.74, 6) is 1.84. The SMILES string of the molecule is CN=C(NCc1ccc(C)cc1C)NCC(c1ccco1)N1CCCC1.I. The summed E-state index contributed by atoms with van der Waals surface area (Å²) in [6, 6.07) is 10.8.